The van der Waals surface area contributed by atoms with Crippen molar-refractivity contribution in [3.8, 4) is 0 Å². The molecule has 0 aliphatic heterocycles. The number of esters is 1. The fourth-order valence-corrected chi connectivity index (χ4v) is 2.38. The second-order valence-corrected chi connectivity index (χ2v) is 6.02. The van der Waals surface area contributed by atoms with Gasteiger partial charge in [-0.25, -0.2) is 4.79 Å². The Labute approximate surface area is 149 Å². The average Bonchev–Trinajstić information content (AvgIpc) is 2.57. The highest BCUT2D eigenvalue weighted by Gasteiger charge is 2.07. The highest BCUT2D eigenvalue weighted by Crippen LogP contribution is 2.20. The van der Waals surface area contributed by atoms with Gasteiger partial charge in [-0.3, -0.25) is 4.79 Å². The molecule has 126 valence electrons. The topological polar surface area (TPSA) is 67.4 Å². The quantitative estimate of drug-likeness (QED) is 0.731. The van der Waals surface area contributed by atoms with Crippen LogP contribution in [-0.4, -0.2) is 25.0 Å². The van der Waals surface area contributed by atoms with E-state index < -0.39 is 0 Å². The van der Waals surface area contributed by atoms with E-state index in [0.29, 0.717) is 12.2 Å². The highest BCUT2D eigenvalue weighted by molar-refractivity contribution is 9.10. The molecule has 2 rings (SSSR count). The lowest BCUT2D eigenvalue weighted by Gasteiger charge is -2.09. The SMILES string of the molecule is CCOC(=O)c1ccc(NCC(=O)Nc2ccc(C)c(Br)c2)cc1. The third kappa shape index (κ3) is 5.09. The molecule has 0 radical (unpaired) electrons. The fourth-order valence-electron chi connectivity index (χ4n) is 2.00. The maximum atomic E-state index is 12.0. The van der Waals surface area contributed by atoms with E-state index in [1.807, 2.05) is 25.1 Å². The van der Waals surface area contributed by atoms with Crippen LogP contribution in [0.3, 0.4) is 0 Å². The van der Waals surface area contributed by atoms with Crippen LogP contribution in [0, 0.1) is 6.92 Å². The largest absolute Gasteiger partial charge is 0.462 e. The molecular weight excluding hydrogens is 372 g/mol. The number of amides is 1. The van der Waals surface area contributed by atoms with Gasteiger partial charge in [0.05, 0.1) is 18.7 Å². The number of carbonyl (C=O) groups is 2. The first-order valence-corrected chi connectivity index (χ1v) is 8.36. The number of anilines is 2. The van der Waals surface area contributed by atoms with E-state index in [1.165, 1.54) is 0 Å². The van der Waals surface area contributed by atoms with Crippen molar-refractivity contribution in [3.63, 3.8) is 0 Å². The van der Waals surface area contributed by atoms with Gasteiger partial charge in [0.15, 0.2) is 0 Å². The predicted molar refractivity (Wildman–Crippen MR) is 98.4 cm³/mol. The molecule has 2 N–H and O–H groups in total. The van der Waals surface area contributed by atoms with Gasteiger partial charge in [0.1, 0.15) is 0 Å². The summed E-state index contributed by atoms with van der Waals surface area (Å²) in [6.07, 6.45) is 0. The van der Waals surface area contributed by atoms with Crippen LogP contribution in [0.1, 0.15) is 22.8 Å². The maximum absolute atomic E-state index is 12.0. The summed E-state index contributed by atoms with van der Waals surface area (Å²) in [4.78, 5) is 23.5. The van der Waals surface area contributed by atoms with Crippen LogP contribution >= 0.6 is 15.9 Å². The number of hydrogen-bond donors (Lipinski definition) is 2. The van der Waals surface area contributed by atoms with Crippen molar-refractivity contribution in [1.29, 1.82) is 0 Å². The standard InChI is InChI=1S/C18H19BrN2O3/c1-3-24-18(23)13-5-8-14(9-6-13)20-11-17(22)21-15-7-4-12(2)16(19)10-15/h4-10,20H,3,11H2,1-2H3,(H,21,22). The van der Waals surface area contributed by atoms with Gasteiger partial charge < -0.3 is 15.4 Å². The number of carbonyl (C=O) groups excluding carboxylic acids is 2. The van der Waals surface area contributed by atoms with Gasteiger partial charge in [-0.2, -0.15) is 0 Å². The summed E-state index contributed by atoms with van der Waals surface area (Å²) in [6, 6.07) is 12.4. The van der Waals surface area contributed by atoms with Crippen molar-refractivity contribution in [2.24, 2.45) is 0 Å². The number of benzene rings is 2. The van der Waals surface area contributed by atoms with Crippen molar-refractivity contribution >= 4 is 39.2 Å². The van der Waals surface area contributed by atoms with Crippen molar-refractivity contribution in [1.82, 2.24) is 0 Å². The summed E-state index contributed by atoms with van der Waals surface area (Å²) in [5, 5.41) is 5.83. The minimum Gasteiger partial charge on any atom is -0.462 e. The Morgan fingerprint density at radius 1 is 1.08 bits per heavy atom. The van der Waals surface area contributed by atoms with Crippen LogP contribution in [0.2, 0.25) is 0 Å². The third-order valence-corrected chi connectivity index (χ3v) is 4.16. The van der Waals surface area contributed by atoms with Crippen molar-refractivity contribution in [3.05, 3.63) is 58.1 Å². The molecule has 24 heavy (non-hydrogen) atoms. The van der Waals surface area contributed by atoms with E-state index in [9.17, 15) is 9.59 Å². The van der Waals surface area contributed by atoms with Gasteiger partial charge in [0.25, 0.3) is 0 Å². The molecule has 0 atom stereocenters. The maximum Gasteiger partial charge on any atom is 0.338 e. The number of halogens is 1. The molecule has 0 bridgehead atoms. The molecule has 2 aromatic rings. The van der Waals surface area contributed by atoms with Gasteiger partial charge in [-0.1, -0.05) is 22.0 Å². The Hall–Kier alpha value is -2.34. The van der Waals surface area contributed by atoms with Crippen LogP contribution in [0.5, 0.6) is 0 Å². The zero-order chi connectivity index (χ0) is 17.5. The fraction of sp³-hybridized carbons (Fsp3) is 0.222. The predicted octanol–water partition coefficient (Wildman–Crippen LogP) is 3.98. The van der Waals surface area contributed by atoms with Crippen LogP contribution in [0.15, 0.2) is 46.9 Å². The van der Waals surface area contributed by atoms with Crippen LogP contribution < -0.4 is 10.6 Å². The van der Waals surface area contributed by atoms with Crippen LogP contribution in [0.4, 0.5) is 11.4 Å². The number of hydrogen-bond acceptors (Lipinski definition) is 4. The van der Waals surface area contributed by atoms with Gasteiger partial charge in [-0.15, -0.1) is 0 Å². The van der Waals surface area contributed by atoms with E-state index in [0.717, 1.165) is 21.4 Å². The lowest BCUT2D eigenvalue weighted by molar-refractivity contribution is -0.114. The lowest BCUT2D eigenvalue weighted by atomic mass is 10.2. The smallest absolute Gasteiger partial charge is 0.338 e. The zero-order valence-corrected chi connectivity index (χ0v) is 15.1. The van der Waals surface area contributed by atoms with Crippen LogP contribution in [0.25, 0.3) is 0 Å². The van der Waals surface area contributed by atoms with Gasteiger partial charge in [0, 0.05) is 15.8 Å². The Morgan fingerprint density at radius 2 is 1.75 bits per heavy atom. The second-order valence-electron chi connectivity index (χ2n) is 5.16. The summed E-state index contributed by atoms with van der Waals surface area (Å²) in [6.45, 7) is 4.22. The molecule has 0 saturated heterocycles. The number of nitrogens with one attached hydrogen (secondary N) is 2. The summed E-state index contributed by atoms with van der Waals surface area (Å²) >= 11 is 3.44. The van der Waals surface area contributed by atoms with E-state index in [2.05, 4.69) is 26.6 Å². The molecule has 2 aromatic carbocycles. The molecule has 1 amide bonds. The Kier molecular flexibility index (Phi) is 6.37. The normalized spacial score (nSPS) is 10.1. The summed E-state index contributed by atoms with van der Waals surface area (Å²) in [5.74, 6) is -0.507. The van der Waals surface area contributed by atoms with E-state index in [4.69, 9.17) is 4.74 Å². The third-order valence-electron chi connectivity index (χ3n) is 3.30. The monoisotopic (exact) mass is 390 g/mol. The van der Waals surface area contributed by atoms with E-state index >= 15 is 0 Å². The Balaban J connectivity index is 1.87. The summed E-state index contributed by atoms with van der Waals surface area (Å²) in [7, 11) is 0. The molecule has 0 fully saturated rings. The van der Waals surface area contributed by atoms with Crippen molar-refractivity contribution in [2.45, 2.75) is 13.8 Å². The molecule has 0 aliphatic rings. The zero-order valence-electron chi connectivity index (χ0n) is 13.6. The molecule has 0 aliphatic carbocycles. The molecule has 0 saturated carbocycles. The minimum atomic E-state index is -0.355. The Morgan fingerprint density at radius 3 is 2.38 bits per heavy atom. The van der Waals surface area contributed by atoms with Gasteiger partial charge in [-0.05, 0) is 55.8 Å². The van der Waals surface area contributed by atoms with Crippen molar-refractivity contribution < 1.29 is 14.3 Å². The first-order chi connectivity index (χ1) is 11.5. The Bertz CT molecular complexity index is 730. The number of rotatable bonds is 6. The van der Waals surface area contributed by atoms with Crippen molar-refractivity contribution in [2.75, 3.05) is 23.8 Å². The summed E-state index contributed by atoms with van der Waals surface area (Å²) < 4.78 is 5.87. The van der Waals surface area contributed by atoms with E-state index in [-0.39, 0.29) is 18.4 Å². The molecule has 0 heterocycles. The molecule has 5 nitrogen and oxygen atoms in total. The molecule has 6 heteroatoms. The second kappa shape index (κ2) is 8.49. The number of aryl methyl sites for hydroxylation is 1. The first-order valence-electron chi connectivity index (χ1n) is 7.56. The lowest BCUT2D eigenvalue weighted by Crippen LogP contribution is -2.21. The molecule has 0 spiro atoms. The minimum absolute atomic E-state index is 0.129. The molecule has 0 unspecified atom stereocenters. The number of ether oxygens (including phenoxy) is 1. The first kappa shape index (κ1) is 18.0. The average molecular weight is 391 g/mol. The van der Waals surface area contributed by atoms with E-state index in [1.54, 1.807) is 31.2 Å². The van der Waals surface area contributed by atoms with Gasteiger partial charge in [0.2, 0.25) is 5.91 Å². The molecule has 0 aromatic heterocycles. The van der Waals surface area contributed by atoms with Crippen LogP contribution in [-0.2, 0) is 9.53 Å². The highest BCUT2D eigenvalue weighted by atomic mass is 79.9. The summed E-state index contributed by atoms with van der Waals surface area (Å²) in [5.41, 5.74) is 3.07. The molecular formula is C18H19BrN2O3. The van der Waals surface area contributed by atoms with Gasteiger partial charge >= 0.3 is 5.97 Å².